The Morgan fingerprint density at radius 2 is 2.00 bits per heavy atom. The van der Waals surface area contributed by atoms with Gasteiger partial charge in [0.25, 0.3) is 0 Å². The summed E-state index contributed by atoms with van der Waals surface area (Å²) in [5.41, 5.74) is 7.43. The second-order valence-electron chi connectivity index (χ2n) is 5.16. The van der Waals surface area contributed by atoms with Crippen LogP contribution in [0.1, 0.15) is 11.3 Å². The lowest BCUT2D eigenvalue weighted by Gasteiger charge is -2.16. The molecule has 1 heterocycles. The monoisotopic (exact) mass is 316 g/mol. The average molecular weight is 316 g/mol. The van der Waals surface area contributed by atoms with Crippen LogP contribution < -0.4 is 11.1 Å². The number of carbonyl (C=O) groups is 2. The number of H-pyrrole nitrogens is 1. The predicted octanol–water partition coefficient (Wildman–Crippen LogP) is 0.180. The fourth-order valence-corrected chi connectivity index (χ4v) is 2.12. The third kappa shape index (κ3) is 5.01. The summed E-state index contributed by atoms with van der Waals surface area (Å²) in [5, 5.41) is 2.86. The van der Waals surface area contributed by atoms with Gasteiger partial charge in [-0.3, -0.25) is 0 Å². The van der Waals surface area contributed by atoms with Gasteiger partial charge in [0.05, 0.1) is 6.33 Å². The molecule has 7 heteroatoms. The number of imidazole rings is 1. The van der Waals surface area contributed by atoms with Gasteiger partial charge in [-0.1, -0.05) is 30.3 Å². The van der Waals surface area contributed by atoms with E-state index in [9.17, 15) is 9.59 Å². The summed E-state index contributed by atoms with van der Waals surface area (Å²) in [6.07, 6.45) is 3.73. The van der Waals surface area contributed by atoms with Gasteiger partial charge in [-0.05, 0) is 19.0 Å². The summed E-state index contributed by atoms with van der Waals surface area (Å²) in [4.78, 5) is 30.7. The van der Waals surface area contributed by atoms with E-state index in [1.165, 1.54) is 6.33 Å². The van der Waals surface area contributed by atoms with Crippen LogP contribution in [0.25, 0.3) is 0 Å². The third-order valence-corrected chi connectivity index (χ3v) is 3.41. The number of nitrogens with two attached hydrogens (primary N) is 1. The van der Waals surface area contributed by atoms with E-state index in [4.69, 9.17) is 10.5 Å². The zero-order valence-corrected chi connectivity index (χ0v) is 12.9. The van der Waals surface area contributed by atoms with Crippen molar-refractivity contribution in [2.24, 2.45) is 5.73 Å². The molecule has 0 saturated heterocycles. The molecular weight excluding hydrogens is 296 g/mol. The lowest BCUT2D eigenvalue weighted by atomic mass is 10.1. The second kappa shape index (κ2) is 8.21. The Labute approximate surface area is 134 Å². The number of benzene rings is 1. The summed E-state index contributed by atoms with van der Waals surface area (Å²) in [6, 6.07) is 7.95. The molecule has 23 heavy (non-hydrogen) atoms. The van der Waals surface area contributed by atoms with Crippen molar-refractivity contribution in [3.63, 3.8) is 0 Å². The van der Waals surface area contributed by atoms with Crippen LogP contribution in [-0.2, 0) is 27.2 Å². The summed E-state index contributed by atoms with van der Waals surface area (Å²) in [5.74, 6) is -1.39. The minimum Gasteiger partial charge on any atom is -0.391 e. The first-order valence-corrected chi connectivity index (χ1v) is 7.29. The Hall–Kier alpha value is -2.51. The number of aromatic amines is 1. The SMILES string of the molecule is CN[C@@H](Cc1ccccc1)C(=O)OC(=O)[C@H](N)Cc1cnc[nH]1. The van der Waals surface area contributed by atoms with Crippen molar-refractivity contribution in [2.45, 2.75) is 24.9 Å². The normalized spacial score (nSPS) is 13.3. The first-order valence-electron chi connectivity index (χ1n) is 7.29. The summed E-state index contributed by atoms with van der Waals surface area (Å²) < 4.78 is 4.89. The number of hydrogen-bond acceptors (Lipinski definition) is 6. The number of aromatic nitrogens is 2. The predicted molar refractivity (Wildman–Crippen MR) is 84.4 cm³/mol. The van der Waals surface area contributed by atoms with Gasteiger partial charge in [0.1, 0.15) is 12.1 Å². The number of nitrogens with zero attached hydrogens (tertiary/aromatic N) is 1. The number of esters is 2. The van der Waals surface area contributed by atoms with E-state index >= 15 is 0 Å². The molecule has 0 bridgehead atoms. The molecule has 0 saturated carbocycles. The zero-order valence-electron chi connectivity index (χ0n) is 12.9. The lowest BCUT2D eigenvalue weighted by Crippen LogP contribution is -2.42. The van der Waals surface area contributed by atoms with Crippen LogP contribution >= 0.6 is 0 Å². The molecule has 2 aromatic rings. The highest BCUT2D eigenvalue weighted by Gasteiger charge is 2.25. The average Bonchev–Trinajstić information content (AvgIpc) is 3.06. The van der Waals surface area contributed by atoms with Crippen LogP contribution in [0.4, 0.5) is 0 Å². The maximum absolute atomic E-state index is 12.1. The Morgan fingerprint density at radius 3 is 2.61 bits per heavy atom. The molecule has 2 atom stereocenters. The molecule has 0 amide bonds. The quantitative estimate of drug-likeness (QED) is 0.496. The third-order valence-electron chi connectivity index (χ3n) is 3.41. The number of likely N-dealkylation sites (N-methyl/N-ethyl adjacent to an activating group) is 1. The van der Waals surface area contributed by atoms with E-state index in [-0.39, 0.29) is 6.42 Å². The Balaban J connectivity index is 1.89. The van der Waals surface area contributed by atoms with Gasteiger partial charge in [0, 0.05) is 18.3 Å². The van der Waals surface area contributed by atoms with Gasteiger partial charge < -0.3 is 20.8 Å². The zero-order chi connectivity index (χ0) is 16.7. The van der Waals surface area contributed by atoms with E-state index in [1.807, 2.05) is 30.3 Å². The molecule has 0 spiro atoms. The van der Waals surface area contributed by atoms with Gasteiger partial charge in [-0.2, -0.15) is 0 Å². The Bertz CT molecular complexity index is 628. The van der Waals surface area contributed by atoms with E-state index in [2.05, 4.69) is 15.3 Å². The van der Waals surface area contributed by atoms with Crippen molar-refractivity contribution in [1.29, 1.82) is 0 Å². The molecule has 0 unspecified atom stereocenters. The smallest absolute Gasteiger partial charge is 0.331 e. The van der Waals surface area contributed by atoms with Crippen molar-refractivity contribution in [1.82, 2.24) is 15.3 Å². The van der Waals surface area contributed by atoms with Crippen molar-refractivity contribution in [3.8, 4) is 0 Å². The molecule has 0 aliphatic carbocycles. The maximum Gasteiger partial charge on any atom is 0.331 e. The van der Waals surface area contributed by atoms with Gasteiger partial charge in [-0.25, -0.2) is 14.6 Å². The molecule has 0 aliphatic heterocycles. The minimum absolute atomic E-state index is 0.231. The number of rotatable bonds is 7. The molecule has 0 fully saturated rings. The minimum atomic E-state index is -0.923. The van der Waals surface area contributed by atoms with E-state index < -0.39 is 24.0 Å². The van der Waals surface area contributed by atoms with Gasteiger partial charge >= 0.3 is 11.9 Å². The van der Waals surface area contributed by atoms with E-state index in [0.29, 0.717) is 12.1 Å². The topological polar surface area (TPSA) is 110 Å². The number of nitrogens with one attached hydrogen (secondary N) is 2. The van der Waals surface area contributed by atoms with E-state index in [0.717, 1.165) is 5.56 Å². The molecule has 0 radical (unpaired) electrons. The van der Waals surface area contributed by atoms with Crippen LogP contribution in [0, 0.1) is 0 Å². The molecule has 122 valence electrons. The van der Waals surface area contributed by atoms with Crippen molar-refractivity contribution < 1.29 is 14.3 Å². The first-order chi connectivity index (χ1) is 11.1. The maximum atomic E-state index is 12.1. The molecular formula is C16H20N4O3. The van der Waals surface area contributed by atoms with Gasteiger partial charge in [0.15, 0.2) is 0 Å². The second-order valence-corrected chi connectivity index (χ2v) is 5.16. The highest BCUT2D eigenvalue weighted by atomic mass is 16.6. The summed E-state index contributed by atoms with van der Waals surface area (Å²) in [7, 11) is 1.64. The fourth-order valence-electron chi connectivity index (χ4n) is 2.12. The first kappa shape index (κ1) is 16.9. The Kier molecular flexibility index (Phi) is 6.02. The largest absolute Gasteiger partial charge is 0.391 e. The van der Waals surface area contributed by atoms with Crippen LogP contribution in [-0.4, -0.2) is 41.0 Å². The fraction of sp³-hybridized carbons (Fsp3) is 0.312. The van der Waals surface area contributed by atoms with Gasteiger partial charge in [0.2, 0.25) is 0 Å². The standard InChI is InChI=1S/C16H20N4O3/c1-18-14(7-11-5-3-2-4-6-11)16(22)23-15(21)13(17)8-12-9-19-10-20-12/h2-6,9-10,13-14,18H,7-8,17H2,1H3,(H,19,20)/t13-,14+/m1/s1. The van der Waals surface area contributed by atoms with Crippen LogP contribution in [0.2, 0.25) is 0 Å². The molecule has 0 aliphatic rings. The highest BCUT2D eigenvalue weighted by Crippen LogP contribution is 2.06. The summed E-state index contributed by atoms with van der Waals surface area (Å²) >= 11 is 0. The number of ether oxygens (including phenoxy) is 1. The molecule has 1 aromatic heterocycles. The molecule has 1 aromatic carbocycles. The van der Waals surface area contributed by atoms with Crippen molar-refractivity contribution >= 4 is 11.9 Å². The lowest BCUT2D eigenvalue weighted by molar-refractivity contribution is -0.162. The molecule has 7 nitrogen and oxygen atoms in total. The van der Waals surface area contributed by atoms with Crippen molar-refractivity contribution in [2.75, 3.05) is 7.05 Å². The number of carbonyl (C=O) groups excluding carboxylic acids is 2. The van der Waals surface area contributed by atoms with Crippen molar-refractivity contribution in [3.05, 3.63) is 54.1 Å². The van der Waals surface area contributed by atoms with Crippen LogP contribution in [0.15, 0.2) is 42.9 Å². The molecule has 2 rings (SSSR count). The van der Waals surface area contributed by atoms with Crippen LogP contribution in [0.3, 0.4) is 0 Å². The Morgan fingerprint density at radius 1 is 1.26 bits per heavy atom. The number of hydrogen-bond donors (Lipinski definition) is 3. The van der Waals surface area contributed by atoms with Crippen LogP contribution in [0.5, 0.6) is 0 Å². The van der Waals surface area contributed by atoms with E-state index in [1.54, 1.807) is 13.2 Å². The molecule has 4 N–H and O–H groups in total. The highest BCUT2D eigenvalue weighted by molar-refractivity contribution is 5.91. The van der Waals surface area contributed by atoms with Gasteiger partial charge in [-0.15, -0.1) is 0 Å². The summed E-state index contributed by atoms with van der Waals surface area (Å²) in [6.45, 7) is 0.